The Morgan fingerprint density at radius 2 is 1.80 bits per heavy atom. The van der Waals surface area contributed by atoms with Gasteiger partial charge in [0.15, 0.2) is 0 Å². The van der Waals surface area contributed by atoms with E-state index in [0.717, 1.165) is 58.5 Å². The Bertz CT molecular complexity index is 824. The number of para-hydroxylation sites is 1. The standard InChI is InChI=1S/C26H35N3O/c1-21-9-11-22(12-10-21)20-28-18-13-24(14-19-28)26(30)27-15-5-17-29-16-4-7-23-6-2-3-8-25(23)29/h2-3,6,8-12,24H,4-5,7,13-20H2,1H3,(H,27,30). The summed E-state index contributed by atoms with van der Waals surface area (Å²) in [6.45, 7) is 8.07. The molecular weight excluding hydrogens is 370 g/mol. The number of carbonyl (C=O) groups is 1. The summed E-state index contributed by atoms with van der Waals surface area (Å²) in [6.07, 6.45) is 5.36. The van der Waals surface area contributed by atoms with Gasteiger partial charge in [-0.2, -0.15) is 0 Å². The summed E-state index contributed by atoms with van der Waals surface area (Å²) in [5.74, 6) is 0.430. The molecule has 160 valence electrons. The Morgan fingerprint density at radius 1 is 1.03 bits per heavy atom. The van der Waals surface area contributed by atoms with E-state index in [4.69, 9.17) is 0 Å². The van der Waals surface area contributed by atoms with Gasteiger partial charge in [0.05, 0.1) is 0 Å². The number of anilines is 1. The molecule has 4 nitrogen and oxygen atoms in total. The average molecular weight is 406 g/mol. The largest absolute Gasteiger partial charge is 0.371 e. The van der Waals surface area contributed by atoms with Gasteiger partial charge in [-0.3, -0.25) is 9.69 Å². The molecule has 0 saturated carbocycles. The van der Waals surface area contributed by atoms with E-state index >= 15 is 0 Å². The zero-order valence-corrected chi connectivity index (χ0v) is 18.3. The van der Waals surface area contributed by atoms with E-state index in [1.54, 1.807) is 0 Å². The first kappa shape index (κ1) is 20.9. The second-order valence-electron chi connectivity index (χ2n) is 8.90. The molecule has 2 aliphatic heterocycles. The van der Waals surface area contributed by atoms with E-state index < -0.39 is 0 Å². The molecular formula is C26H35N3O. The van der Waals surface area contributed by atoms with E-state index in [1.807, 2.05) is 0 Å². The molecule has 30 heavy (non-hydrogen) atoms. The molecule has 0 atom stereocenters. The number of amides is 1. The number of likely N-dealkylation sites (tertiary alicyclic amines) is 1. The fourth-order valence-electron chi connectivity index (χ4n) is 4.77. The molecule has 1 amide bonds. The second-order valence-corrected chi connectivity index (χ2v) is 8.90. The number of fused-ring (bicyclic) bond motifs is 1. The number of nitrogens with zero attached hydrogens (tertiary/aromatic N) is 2. The molecule has 4 heteroatoms. The number of carbonyl (C=O) groups excluding carboxylic acids is 1. The van der Waals surface area contributed by atoms with Crippen LogP contribution in [0.3, 0.4) is 0 Å². The van der Waals surface area contributed by atoms with Crippen LogP contribution in [-0.4, -0.2) is 43.5 Å². The topological polar surface area (TPSA) is 35.6 Å². The highest BCUT2D eigenvalue weighted by Crippen LogP contribution is 2.26. The minimum absolute atomic E-state index is 0.176. The van der Waals surface area contributed by atoms with Crippen molar-refractivity contribution in [1.29, 1.82) is 0 Å². The molecule has 1 N–H and O–H groups in total. The van der Waals surface area contributed by atoms with Crippen LogP contribution < -0.4 is 10.2 Å². The van der Waals surface area contributed by atoms with Gasteiger partial charge >= 0.3 is 0 Å². The third-order valence-electron chi connectivity index (χ3n) is 6.60. The maximum atomic E-state index is 12.6. The van der Waals surface area contributed by atoms with Gasteiger partial charge in [0, 0.05) is 37.8 Å². The van der Waals surface area contributed by atoms with Crippen molar-refractivity contribution in [2.75, 3.05) is 37.6 Å². The van der Waals surface area contributed by atoms with Crippen LogP contribution >= 0.6 is 0 Å². The molecule has 4 rings (SSSR count). The average Bonchev–Trinajstić information content (AvgIpc) is 2.79. The first-order chi connectivity index (χ1) is 14.7. The van der Waals surface area contributed by atoms with Crippen molar-refractivity contribution in [2.24, 2.45) is 5.92 Å². The van der Waals surface area contributed by atoms with Gasteiger partial charge in [-0.1, -0.05) is 48.0 Å². The van der Waals surface area contributed by atoms with Gasteiger partial charge in [0.1, 0.15) is 0 Å². The minimum Gasteiger partial charge on any atom is -0.371 e. The van der Waals surface area contributed by atoms with E-state index in [-0.39, 0.29) is 11.8 Å². The van der Waals surface area contributed by atoms with Crippen LogP contribution in [0.25, 0.3) is 0 Å². The number of rotatable bonds is 7. The van der Waals surface area contributed by atoms with Gasteiger partial charge < -0.3 is 10.2 Å². The highest BCUT2D eigenvalue weighted by molar-refractivity contribution is 5.78. The lowest BCUT2D eigenvalue weighted by Gasteiger charge is -2.32. The van der Waals surface area contributed by atoms with Crippen LogP contribution in [0.1, 0.15) is 42.4 Å². The minimum atomic E-state index is 0.176. The lowest BCUT2D eigenvalue weighted by molar-refractivity contribution is -0.126. The van der Waals surface area contributed by atoms with Crippen LogP contribution in [0.2, 0.25) is 0 Å². The normalized spacial score (nSPS) is 17.6. The molecule has 0 bridgehead atoms. The summed E-state index contributed by atoms with van der Waals surface area (Å²) in [5, 5.41) is 3.20. The van der Waals surface area contributed by atoms with Gasteiger partial charge in [-0.15, -0.1) is 0 Å². The Hall–Kier alpha value is -2.33. The Morgan fingerprint density at radius 3 is 2.60 bits per heavy atom. The van der Waals surface area contributed by atoms with Crippen LogP contribution in [0.4, 0.5) is 5.69 Å². The molecule has 0 aliphatic carbocycles. The SMILES string of the molecule is Cc1ccc(CN2CCC(C(=O)NCCCN3CCCc4ccccc43)CC2)cc1. The van der Waals surface area contributed by atoms with Gasteiger partial charge in [0.2, 0.25) is 5.91 Å². The number of piperidine rings is 1. The predicted octanol–water partition coefficient (Wildman–Crippen LogP) is 4.17. The van der Waals surface area contributed by atoms with Crippen molar-refractivity contribution in [3.8, 4) is 0 Å². The highest BCUT2D eigenvalue weighted by Gasteiger charge is 2.24. The summed E-state index contributed by atoms with van der Waals surface area (Å²) in [7, 11) is 0. The van der Waals surface area contributed by atoms with Crippen molar-refractivity contribution in [3.05, 3.63) is 65.2 Å². The van der Waals surface area contributed by atoms with Crippen molar-refractivity contribution in [3.63, 3.8) is 0 Å². The fraction of sp³-hybridized carbons (Fsp3) is 0.500. The Kier molecular flexibility index (Phi) is 7.06. The first-order valence-electron chi connectivity index (χ1n) is 11.6. The summed E-state index contributed by atoms with van der Waals surface area (Å²) >= 11 is 0. The molecule has 0 aromatic heterocycles. The zero-order chi connectivity index (χ0) is 20.8. The van der Waals surface area contributed by atoms with Gasteiger partial charge in [-0.25, -0.2) is 0 Å². The lowest BCUT2D eigenvalue weighted by Crippen LogP contribution is -2.41. The van der Waals surface area contributed by atoms with Crippen molar-refractivity contribution >= 4 is 11.6 Å². The van der Waals surface area contributed by atoms with E-state index in [2.05, 4.69) is 70.6 Å². The summed E-state index contributed by atoms with van der Waals surface area (Å²) in [6, 6.07) is 17.5. The van der Waals surface area contributed by atoms with Gasteiger partial charge in [0.25, 0.3) is 0 Å². The number of benzene rings is 2. The maximum Gasteiger partial charge on any atom is 0.223 e. The van der Waals surface area contributed by atoms with Crippen molar-refractivity contribution < 1.29 is 4.79 Å². The zero-order valence-electron chi connectivity index (χ0n) is 18.3. The van der Waals surface area contributed by atoms with Crippen molar-refractivity contribution in [2.45, 2.75) is 45.6 Å². The Labute approximate surface area is 181 Å². The van der Waals surface area contributed by atoms with Crippen LogP contribution in [0.15, 0.2) is 48.5 Å². The number of nitrogens with one attached hydrogen (secondary N) is 1. The van der Waals surface area contributed by atoms with E-state index in [1.165, 1.54) is 35.2 Å². The molecule has 2 aliphatic rings. The van der Waals surface area contributed by atoms with E-state index in [0.29, 0.717) is 0 Å². The molecule has 1 saturated heterocycles. The third-order valence-corrected chi connectivity index (χ3v) is 6.60. The predicted molar refractivity (Wildman–Crippen MR) is 124 cm³/mol. The highest BCUT2D eigenvalue weighted by atomic mass is 16.1. The van der Waals surface area contributed by atoms with Crippen LogP contribution in [0, 0.1) is 12.8 Å². The number of hydrogen-bond acceptors (Lipinski definition) is 3. The summed E-state index contributed by atoms with van der Waals surface area (Å²) in [4.78, 5) is 17.6. The molecule has 2 aromatic carbocycles. The van der Waals surface area contributed by atoms with Gasteiger partial charge in [-0.05, 0) is 69.3 Å². The lowest BCUT2D eigenvalue weighted by atomic mass is 9.95. The quantitative estimate of drug-likeness (QED) is 0.703. The molecule has 0 radical (unpaired) electrons. The van der Waals surface area contributed by atoms with E-state index in [9.17, 15) is 4.79 Å². The number of hydrogen-bond donors (Lipinski definition) is 1. The summed E-state index contributed by atoms with van der Waals surface area (Å²) in [5.41, 5.74) is 5.52. The second kappa shape index (κ2) is 10.1. The summed E-state index contributed by atoms with van der Waals surface area (Å²) < 4.78 is 0. The molecule has 0 spiro atoms. The smallest absolute Gasteiger partial charge is 0.223 e. The third kappa shape index (κ3) is 5.42. The molecule has 2 aromatic rings. The van der Waals surface area contributed by atoms with Crippen molar-refractivity contribution in [1.82, 2.24) is 10.2 Å². The Balaban J connectivity index is 1.15. The fourth-order valence-corrected chi connectivity index (χ4v) is 4.77. The monoisotopic (exact) mass is 405 g/mol. The maximum absolute atomic E-state index is 12.6. The molecule has 0 unspecified atom stereocenters. The van der Waals surface area contributed by atoms with Crippen LogP contribution in [0.5, 0.6) is 0 Å². The first-order valence-corrected chi connectivity index (χ1v) is 11.6. The molecule has 2 heterocycles. The number of aryl methyl sites for hydroxylation is 2. The molecule has 1 fully saturated rings. The van der Waals surface area contributed by atoms with Crippen LogP contribution in [-0.2, 0) is 17.8 Å².